The van der Waals surface area contributed by atoms with E-state index in [0.29, 0.717) is 16.7 Å². The zero-order chi connectivity index (χ0) is 18.6. The quantitative estimate of drug-likeness (QED) is 0.887. The van der Waals surface area contributed by atoms with Gasteiger partial charge in [0, 0.05) is 12.7 Å². The summed E-state index contributed by atoms with van der Waals surface area (Å²) in [6.07, 6.45) is 1.26. The van der Waals surface area contributed by atoms with Gasteiger partial charge in [0.05, 0.1) is 22.6 Å². The number of nitriles is 2. The Morgan fingerprint density at radius 3 is 2.32 bits per heavy atom. The standard InChI is InChI=1S/C18H16FN3O2S/c1-22-16(11-21)8-14-4-3-13(9-17(14)19)12-5-6-18(25(2,23)24)15(7-12)10-20/h3-7,9,16,22H,8H2,1-2H3/t16-/m0/s1. The van der Waals surface area contributed by atoms with Crippen LogP contribution in [-0.2, 0) is 16.3 Å². The third kappa shape index (κ3) is 4.21. The van der Waals surface area contributed by atoms with Gasteiger partial charge in [-0.25, -0.2) is 12.8 Å². The Labute approximate surface area is 146 Å². The minimum absolute atomic E-state index is 0.0178. The first-order valence-corrected chi connectivity index (χ1v) is 9.29. The van der Waals surface area contributed by atoms with Crippen LogP contribution < -0.4 is 5.32 Å². The maximum atomic E-state index is 14.3. The summed E-state index contributed by atoms with van der Waals surface area (Å²) in [5.74, 6) is -0.460. The Kier molecular flexibility index (Phi) is 5.53. The van der Waals surface area contributed by atoms with E-state index in [-0.39, 0.29) is 16.9 Å². The molecule has 1 atom stereocenters. The number of nitrogens with one attached hydrogen (secondary N) is 1. The number of hydrogen-bond acceptors (Lipinski definition) is 5. The molecule has 25 heavy (non-hydrogen) atoms. The van der Waals surface area contributed by atoms with Crippen molar-refractivity contribution in [1.82, 2.24) is 5.32 Å². The maximum Gasteiger partial charge on any atom is 0.176 e. The first kappa shape index (κ1) is 18.6. The fraction of sp³-hybridized carbons (Fsp3) is 0.222. The summed E-state index contributed by atoms with van der Waals surface area (Å²) >= 11 is 0. The molecular weight excluding hydrogens is 341 g/mol. The lowest BCUT2D eigenvalue weighted by Crippen LogP contribution is -2.25. The zero-order valence-electron chi connectivity index (χ0n) is 13.7. The molecule has 0 amide bonds. The number of likely N-dealkylation sites (N-methyl/N-ethyl adjacent to an activating group) is 1. The SMILES string of the molecule is CN[C@H](C#N)Cc1ccc(-c2ccc(S(C)(=O)=O)c(C#N)c2)cc1F. The fourth-order valence-corrected chi connectivity index (χ4v) is 3.26. The Balaban J connectivity index is 2.42. The molecule has 0 spiro atoms. The minimum atomic E-state index is -3.51. The molecule has 0 fully saturated rings. The lowest BCUT2D eigenvalue weighted by molar-refractivity contribution is 0.589. The van der Waals surface area contributed by atoms with Crippen LogP contribution in [0.1, 0.15) is 11.1 Å². The van der Waals surface area contributed by atoms with Crippen molar-refractivity contribution in [2.75, 3.05) is 13.3 Å². The molecule has 0 aliphatic rings. The van der Waals surface area contributed by atoms with E-state index < -0.39 is 21.7 Å². The van der Waals surface area contributed by atoms with Gasteiger partial charge in [-0.2, -0.15) is 10.5 Å². The van der Waals surface area contributed by atoms with Gasteiger partial charge in [0.25, 0.3) is 0 Å². The topological polar surface area (TPSA) is 93.8 Å². The molecule has 2 aromatic rings. The molecular formula is C18H16FN3O2S. The molecule has 0 aromatic heterocycles. The monoisotopic (exact) mass is 357 g/mol. The van der Waals surface area contributed by atoms with Crippen molar-refractivity contribution < 1.29 is 12.8 Å². The summed E-state index contributed by atoms with van der Waals surface area (Å²) in [6.45, 7) is 0. The van der Waals surface area contributed by atoms with E-state index in [2.05, 4.69) is 5.32 Å². The van der Waals surface area contributed by atoms with Crippen LogP contribution in [0.25, 0.3) is 11.1 Å². The maximum absolute atomic E-state index is 14.3. The number of rotatable bonds is 5. The highest BCUT2D eigenvalue weighted by atomic mass is 32.2. The lowest BCUT2D eigenvalue weighted by Gasteiger charge is -2.11. The average Bonchev–Trinajstić information content (AvgIpc) is 2.59. The molecule has 0 unspecified atom stereocenters. The summed E-state index contributed by atoms with van der Waals surface area (Å²) in [5, 5.41) is 20.9. The highest BCUT2D eigenvalue weighted by Crippen LogP contribution is 2.26. The summed E-state index contributed by atoms with van der Waals surface area (Å²) in [6, 6.07) is 12.3. The van der Waals surface area contributed by atoms with Gasteiger partial charge in [-0.05, 0) is 41.9 Å². The van der Waals surface area contributed by atoms with Gasteiger partial charge in [-0.3, -0.25) is 0 Å². The smallest absolute Gasteiger partial charge is 0.176 e. The second-order valence-electron chi connectivity index (χ2n) is 5.58. The Bertz CT molecular complexity index is 988. The van der Waals surface area contributed by atoms with Crippen LogP contribution in [0.5, 0.6) is 0 Å². The van der Waals surface area contributed by atoms with E-state index in [4.69, 9.17) is 5.26 Å². The van der Waals surface area contributed by atoms with E-state index in [1.165, 1.54) is 24.3 Å². The highest BCUT2D eigenvalue weighted by Gasteiger charge is 2.15. The van der Waals surface area contributed by atoms with Crippen molar-refractivity contribution >= 4 is 9.84 Å². The number of halogens is 1. The number of benzene rings is 2. The first-order valence-electron chi connectivity index (χ1n) is 7.40. The summed E-state index contributed by atoms with van der Waals surface area (Å²) in [4.78, 5) is -0.0540. The Morgan fingerprint density at radius 1 is 1.16 bits per heavy atom. The summed E-state index contributed by atoms with van der Waals surface area (Å²) in [7, 11) is -1.88. The van der Waals surface area contributed by atoms with Gasteiger partial charge in [-0.1, -0.05) is 18.2 Å². The van der Waals surface area contributed by atoms with Gasteiger partial charge in [0.1, 0.15) is 11.9 Å². The van der Waals surface area contributed by atoms with Crippen LogP contribution in [0.15, 0.2) is 41.3 Å². The van der Waals surface area contributed by atoms with Crippen molar-refractivity contribution in [2.45, 2.75) is 17.4 Å². The second kappa shape index (κ2) is 7.43. The van der Waals surface area contributed by atoms with Crippen LogP contribution in [0, 0.1) is 28.5 Å². The first-order chi connectivity index (χ1) is 11.8. The van der Waals surface area contributed by atoms with E-state index in [0.717, 1.165) is 6.26 Å². The van der Waals surface area contributed by atoms with Crippen LogP contribution in [0.3, 0.4) is 0 Å². The van der Waals surface area contributed by atoms with Crippen LogP contribution in [-0.4, -0.2) is 27.8 Å². The third-order valence-corrected chi connectivity index (χ3v) is 4.97. The summed E-state index contributed by atoms with van der Waals surface area (Å²) in [5.41, 5.74) is 1.48. The van der Waals surface area contributed by atoms with Crippen LogP contribution >= 0.6 is 0 Å². The van der Waals surface area contributed by atoms with Crippen molar-refractivity contribution in [3.63, 3.8) is 0 Å². The Morgan fingerprint density at radius 2 is 1.80 bits per heavy atom. The Hall–Kier alpha value is -2.74. The van der Waals surface area contributed by atoms with E-state index in [1.54, 1.807) is 19.2 Å². The van der Waals surface area contributed by atoms with Gasteiger partial charge >= 0.3 is 0 Å². The number of nitrogens with zero attached hydrogens (tertiary/aromatic N) is 2. The van der Waals surface area contributed by atoms with Crippen LogP contribution in [0.2, 0.25) is 0 Å². The van der Waals surface area contributed by atoms with Gasteiger partial charge in [0.2, 0.25) is 0 Å². The highest BCUT2D eigenvalue weighted by molar-refractivity contribution is 7.90. The molecule has 2 rings (SSSR count). The van der Waals surface area contributed by atoms with E-state index in [9.17, 15) is 18.1 Å². The van der Waals surface area contributed by atoms with Gasteiger partial charge < -0.3 is 5.32 Å². The van der Waals surface area contributed by atoms with Gasteiger partial charge in [0.15, 0.2) is 9.84 Å². The molecule has 0 aliphatic heterocycles. The largest absolute Gasteiger partial charge is 0.305 e. The van der Waals surface area contributed by atoms with Crippen molar-refractivity contribution in [1.29, 1.82) is 10.5 Å². The summed E-state index contributed by atoms with van der Waals surface area (Å²) < 4.78 is 37.7. The molecule has 0 bridgehead atoms. The molecule has 0 aliphatic carbocycles. The molecule has 1 N–H and O–H groups in total. The second-order valence-corrected chi connectivity index (χ2v) is 7.56. The third-order valence-electron chi connectivity index (χ3n) is 3.81. The molecule has 0 saturated carbocycles. The molecule has 0 radical (unpaired) electrons. The molecule has 128 valence electrons. The van der Waals surface area contributed by atoms with Crippen LogP contribution in [0.4, 0.5) is 4.39 Å². The average molecular weight is 357 g/mol. The number of hydrogen-bond donors (Lipinski definition) is 1. The molecule has 2 aromatic carbocycles. The van der Waals surface area contributed by atoms with Crippen molar-refractivity contribution in [2.24, 2.45) is 0 Å². The predicted molar refractivity (Wildman–Crippen MR) is 91.8 cm³/mol. The molecule has 0 saturated heterocycles. The van der Waals surface area contributed by atoms with Crippen molar-refractivity contribution in [3.05, 3.63) is 53.3 Å². The van der Waals surface area contributed by atoms with E-state index in [1.807, 2.05) is 12.1 Å². The van der Waals surface area contributed by atoms with E-state index >= 15 is 0 Å². The lowest BCUT2D eigenvalue weighted by atomic mass is 9.99. The van der Waals surface area contributed by atoms with Crippen molar-refractivity contribution in [3.8, 4) is 23.3 Å². The molecule has 0 heterocycles. The number of sulfone groups is 1. The predicted octanol–water partition coefficient (Wildman–Crippen LogP) is 2.42. The minimum Gasteiger partial charge on any atom is -0.305 e. The zero-order valence-corrected chi connectivity index (χ0v) is 14.6. The molecule has 7 heteroatoms. The normalized spacial score (nSPS) is 12.2. The van der Waals surface area contributed by atoms with Gasteiger partial charge in [-0.15, -0.1) is 0 Å². The molecule has 5 nitrogen and oxygen atoms in total. The fourth-order valence-electron chi connectivity index (χ4n) is 2.44.